The number of nitrogens with zero attached hydrogens (tertiary/aromatic N) is 4. The highest BCUT2D eigenvalue weighted by Crippen LogP contribution is 2.50. The van der Waals surface area contributed by atoms with Crippen LogP contribution >= 0.6 is 0 Å². The molecule has 1 amide bonds. The van der Waals surface area contributed by atoms with Crippen molar-refractivity contribution in [2.75, 3.05) is 33.2 Å². The molecule has 2 N–H and O–H groups in total. The zero-order valence-corrected chi connectivity index (χ0v) is 23.7. The van der Waals surface area contributed by atoms with Gasteiger partial charge in [-0.1, -0.05) is 45.0 Å². The second-order valence-corrected chi connectivity index (χ2v) is 12.8. The summed E-state index contributed by atoms with van der Waals surface area (Å²) in [5, 5.41) is 20.5. The van der Waals surface area contributed by atoms with Crippen molar-refractivity contribution in [3.63, 3.8) is 0 Å². The molecule has 0 radical (unpaired) electrons. The van der Waals surface area contributed by atoms with Gasteiger partial charge in [0.1, 0.15) is 5.60 Å². The lowest BCUT2D eigenvalue weighted by Crippen LogP contribution is -2.63. The lowest BCUT2D eigenvalue weighted by atomic mass is 9.62. The number of hydrogen-bond acceptors (Lipinski definition) is 5. The van der Waals surface area contributed by atoms with Gasteiger partial charge in [-0.25, -0.2) is 0 Å². The second-order valence-electron chi connectivity index (χ2n) is 12.8. The van der Waals surface area contributed by atoms with Crippen LogP contribution in [0, 0.1) is 11.3 Å². The molecular weight excluding hydrogens is 486 g/mol. The summed E-state index contributed by atoms with van der Waals surface area (Å²) >= 11 is 0. The smallest absolute Gasteiger partial charge is 0.225 e. The number of aliphatic hydroxyl groups is 1. The highest BCUT2D eigenvalue weighted by Gasteiger charge is 2.55. The van der Waals surface area contributed by atoms with Gasteiger partial charge in [0.2, 0.25) is 5.91 Å². The van der Waals surface area contributed by atoms with Crippen molar-refractivity contribution in [3.05, 3.63) is 71.2 Å². The number of amides is 1. The molecule has 0 bridgehead atoms. The molecule has 3 aliphatic rings. The molecule has 2 saturated heterocycles. The molecule has 1 aromatic carbocycles. The van der Waals surface area contributed by atoms with Crippen molar-refractivity contribution in [1.29, 1.82) is 0 Å². The molecule has 0 unspecified atom stereocenters. The van der Waals surface area contributed by atoms with Crippen LogP contribution < -0.4 is 0 Å². The minimum absolute atomic E-state index is 0.287. The van der Waals surface area contributed by atoms with Gasteiger partial charge in [0.15, 0.2) is 0 Å². The number of aromatic nitrogens is 3. The average Bonchev–Trinajstić information content (AvgIpc) is 3.67. The summed E-state index contributed by atoms with van der Waals surface area (Å²) in [4.78, 5) is 21.3. The minimum Gasteiger partial charge on any atom is -0.380 e. The van der Waals surface area contributed by atoms with Crippen LogP contribution in [0.2, 0.25) is 0 Å². The predicted molar refractivity (Wildman–Crippen MR) is 152 cm³/mol. The first-order chi connectivity index (χ1) is 18.7. The summed E-state index contributed by atoms with van der Waals surface area (Å²) < 4.78 is 0. The Labute approximate surface area is 231 Å². The highest BCUT2D eigenvalue weighted by molar-refractivity contribution is 5.81. The number of carbonyl (C=O) groups excluding carboxylic acids is 1. The maximum absolute atomic E-state index is 12.5. The molecule has 7 nitrogen and oxygen atoms in total. The average molecular weight is 528 g/mol. The summed E-state index contributed by atoms with van der Waals surface area (Å²) in [7, 11) is 2.09. The van der Waals surface area contributed by atoms with E-state index < -0.39 is 5.60 Å². The summed E-state index contributed by atoms with van der Waals surface area (Å²) in [5.74, 6) is 1.43. The fourth-order valence-corrected chi connectivity index (χ4v) is 6.82. The van der Waals surface area contributed by atoms with Gasteiger partial charge in [0.25, 0.3) is 0 Å². The third-order valence-electron chi connectivity index (χ3n) is 9.33. The van der Waals surface area contributed by atoms with Gasteiger partial charge in [0.05, 0.1) is 5.69 Å². The summed E-state index contributed by atoms with van der Waals surface area (Å²) in [6, 6.07) is 12.6. The number of H-pyrrole nitrogens is 1. The molecule has 4 heterocycles. The fraction of sp³-hybridized carbons (Fsp3) is 0.531. The normalized spacial score (nSPS) is 21.5. The van der Waals surface area contributed by atoms with E-state index in [0.717, 1.165) is 79.9 Å². The van der Waals surface area contributed by atoms with E-state index in [1.54, 1.807) is 0 Å². The molecule has 1 saturated carbocycles. The van der Waals surface area contributed by atoms with E-state index in [-0.39, 0.29) is 11.3 Å². The Morgan fingerprint density at radius 2 is 1.74 bits per heavy atom. The van der Waals surface area contributed by atoms with Crippen molar-refractivity contribution >= 4 is 5.91 Å². The molecule has 7 heteroatoms. The van der Waals surface area contributed by atoms with Crippen molar-refractivity contribution in [2.45, 2.75) is 63.9 Å². The Balaban J connectivity index is 1.26. The van der Waals surface area contributed by atoms with E-state index in [4.69, 9.17) is 0 Å². The zero-order valence-electron chi connectivity index (χ0n) is 23.7. The Kier molecular flexibility index (Phi) is 6.63. The number of hydrogen-bond donors (Lipinski definition) is 2. The largest absolute Gasteiger partial charge is 0.380 e. The van der Waals surface area contributed by atoms with Gasteiger partial charge in [-0.3, -0.25) is 14.9 Å². The van der Waals surface area contributed by atoms with Crippen LogP contribution in [0.1, 0.15) is 80.7 Å². The molecule has 1 atom stereocenters. The number of likely N-dealkylation sites (tertiary alicyclic amines) is 2. The Bertz CT molecular complexity index is 1330. The number of aromatic amines is 1. The topological polar surface area (TPSA) is 85.3 Å². The Morgan fingerprint density at radius 3 is 2.36 bits per heavy atom. The summed E-state index contributed by atoms with van der Waals surface area (Å²) in [5.41, 5.74) is 4.27. The van der Waals surface area contributed by atoms with Crippen LogP contribution in [-0.2, 0) is 10.4 Å². The summed E-state index contributed by atoms with van der Waals surface area (Å²) in [6.45, 7) is 9.78. The number of pyridine rings is 1. The minimum atomic E-state index is -1.18. The van der Waals surface area contributed by atoms with Gasteiger partial charge in [-0.15, -0.1) is 0 Å². The number of benzene rings is 1. The zero-order chi connectivity index (χ0) is 27.4. The first-order valence-corrected chi connectivity index (χ1v) is 14.5. The highest BCUT2D eigenvalue weighted by atomic mass is 16.3. The quantitative estimate of drug-likeness (QED) is 0.457. The maximum atomic E-state index is 12.5. The SMILES string of the molecule is CC(C)c1ccc([C@](O)(c2cncc(-c3cc(C4CCN(C(=O)C5CC5)CC4)[nH]n3)c2)C2(C)CN(C)C2)cc1. The van der Waals surface area contributed by atoms with Gasteiger partial charge >= 0.3 is 0 Å². The predicted octanol–water partition coefficient (Wildman–Crippen LogP) is 4.90. The van der Waals surface area contributed by atoms with Crippen molar-refractivity contribution in [3.8, 4) is 11.3 Å². The van der Waals surface area contributed by atoms with Crippen LogP contribution in [0.3, 0.4) is 0 Å². The van der Waals surface area contributed by atoms with Crippen LogP contribution in [0.25, 0.3) is 11.3 Å². The number of nitrogens with one attached hydrogen (secondary N) is 1. The van der Waals surface area contributed by atoms with E-state index in [1.165, 1.54) is 5.56 Å². The van der Waals surface area contributed by atoms with Crippen LogP contribution in [0.5, 0.6) is 0 Å². The van der Waals surface area contributed by atoms with Gasteiger partial charge in [0, 0.05) is 72.6 Å². The Morgan fingerprint density at radius 1 is 1.05 bits per heavy atom. The number of rotatable bonds is 7. The molecule has 3 fully saturated rings. The lowest BCUT2D eigenvalue weighted by Gasteiger charge is -2.55. The van der Waals surface area contributed by atoms with Gasteiger partial charge in [-0.05, 0) is 61.9 Å². The summed E-state index contributed by atoms with van der Waals surface area (Å²) in [6.07, 6.45) is 7.67. The fourth-order valence-electron chi connectivity index (χ4n) is 6.82. The molecule has 3 aromatic rings. The van der Waals surface area contributed by atoms with Crippen molar-refractivity contribution in [2.24, 2.45) is 11.3 Å². The molecule has 39 heavy (non-hydrogen) atoms. The van der Waals surface area contributed by atoms with E-state index in [1.807, 2.05) is 17.3 Å². The lowest BCUT2D eigenvalue weighted by molar-refractivity contribution is -0.133. The molecule has 206 valence electrons. The molecule has 2 aromatic heterocycles. The van der Waals surface area contributed by atoms with E-state index in [9.17, 15) is 9.90 Å². The van der Waals surface area contributed by atoms with Gasteiger partial charge in [-0.2, -0.15) is 5.10 Å². The Hall–Kier alpha value is -3.03. The molecule has 1 aliphatic carbocycles. The first-order valence-electron chi connectivity index (χ1n) is 14.5. The van der Waals surface area contributed by atoms with Crippen LogP contribution in [0.4, 0.5) is 0 Å². The van der Waals surface area contributed by atoms with Crippen LogP contribution in [-0.4, -0.2) is 69.2 Å². The third-order valence-corrected chi connectivity index (χ3v) is 9.33. The number of carbonyl (C=O) groups is 1. The first kappa shape index (κ1) is 26.2. The molecular formula is C32H41N5O2. The molecule has 2 aliphatic heterocycles. The van der Waals surface area contributed by atoms with Crippen LogP contribution in [0.15, 0.2) is 48.8 Å². The monoisotopic (exact) mass is 527 g/mol. The van der Waals surface area contributed by atoms with E-state index >= 15 is 0 Å². The molecule has 0 spiro atoms. The second kappa shape index (κ2) is 9.86. The third kappa shape index (κ3) is 4.70. The molecule has 6 rings (SSSR count). The van der Waals surface area contributed by atoms with E-state index in [0.29, 0.717) is 17.7 Å². The maximum Gasteiger partial charge on any atom is 0.225 e. The van der Waals surface area contributed by atoms with Gasteiger partial charge < -0.3 is 14.9 Å². The standard InChI is InChI=1S/C32H41N5O2/c1-21(2)22-7-9-26(10-8-22)32(39,31(3)19-36(4)20-31)27-15-25(17-33-18-27)29-16-28(34-35-29)23-11-13-37(14-12-23)30(38)24-5-6-24/h7-10,15-18,21,23-24,39H,5-6,11-14,19-20H2,1-4H3,(H,34,35)/t32-/m0/s1. The number of piperidine rings is 1. The van der Waals surface area contributed by atoms with Crippen molar-refractivity contribution in [1.82, 2.24) is 25.0 Å². The van der Waals surface area contributed by atoms with E-state index in [2.05, 4.69) is 84.3 Å². The van der Waals surface area contributed by atoms with Crippen molar-refractivity contribution < 1.29 is 9.90 Å².